The molecule has 7 nitrogen and oxygen atoms in total. The highest BCUT2D eigenvalue weighted by Gasteiger charge is 2.33. The third-order valence-electron chi connectivity index (χ3n) is 5.30. The highest BCUT2D eigenvalue weighted by Crippen LogP contribution is 2.36. The van der Waals surface area contributed by atoms with Crippen molar-refractivity contribution < 1.29 is 19.4 Å². The van der Waals surface area contributed by atoms with Crippen LogP contribution in [0.4, 0.5) is 0 Å². The number of imide groups is 1. The summed E-state index contributed by atoms with van der Waals surface area (Å²) in [4.78, 5) is 27.3. The summed E-state index contributed by atoms with van der Waals surface area (Å²) in [6.45, 7) is 4.49. The van der Waals surface area contributed by atoms with Crippen LogP contribution in [0.15, 0.2) is 61.3 Å². The van der Waals surface area contributed by atoms with Crippen molar-refractivity contribution in [2.24, 2.45) is 0 Å². The number of aliphatic hydroxyl groups excluding tert-OH is 1. The Morgan fingerprint density at radius 3 is 2.47 bits per heavy atom. The normalized spacial score (nSPS) is 14.9. The maximum atomic E-state index is 12.8. The predicted molar refractivity (Wildman–Crippen MR) is 125 cm³/mol. The van der Waals surface area contributed by atoms with E-state index in [4.69, 9.17) is 4.74 Å². The minimum Gasteiger partial charge on any atom is -0.491 e. The van der Waals surface area contributed by atoms with Crippen LogP contribution in [0.25, 0.3) is 28.2 Å². The number of likely N-dealkylation sites (N-methyl/N-ethyl adjacent to an activating group) is 1. The van der Waals surface area contributed by atoms with E-state index in [1.807, 2.05) is 54.0 Å². The lowest BCUT2D eigenvalue weighted by Gasteiger charge is -2.16. The number of hydrogen-bond donors (Lipinski definition) is 2. The number of carbonyl (C=O) groups excluding carboxylic acids is 2. The summed E-state index contributed by atoms with van der Waals surface area (Å²) in [5.41, 5.74) is 2.84. The van der Waals surface area contributed by atoms with Crippen LogP contribution in [-0.4, -0.2) is 59.7 Å². The zero-order chi connectivity index (χ0) is 22.8. The standard InChI is InChI=1S/C25H25N3O4/c1-4-28-14-20(19-7-5-6-8-21(19)28)23-22(24(30)26-25(23)31)16-9-11-18(12-10-16)32-15-17(29)13-27(2)3/h4-12,14,17,29H,1,13,15H2,2-3H3,(H,26,30,31). The number of carbonyl (C=O) groups is 2. The van der Waals surface area contributed by atoms with Crippen molar-refractivity contribution in [2.45, 2.75) is 6.10 Å². The fraction of sp³-hybridized carbons (Fsp3) is 0.200. The molecule has 2 N–H and O–H groups in total. The molecule has 3 aromatic rings. The van der Waals surface area contributed by atoms with Crippen molar-refractivity contribution in [3.63, 3.8) is 0 Å². The molecule has 7 heteroatoms. The van der Waals surface area contributed by atoms with Gasteiger partial charge >= 0.3 is 0 Å². The summed E-state index contributed by atoms with van der Waals surface area (Å²) in [6.07, 6.45) is 2.87. The van der Waals surface area contributed by atoms with Crippen LogP contribution in [0.2, 0.25) is 0 Å². The molecule has 0 spiro atoms. The number of nitrogens with zero attached hydrogens (tertiary/aromatic N) is 2. The molecular formula is C25H25N3O4. The molecule has 164 valence electrons. The second-order valence-electron chi connectivity index (χ2n) is 7.93. The quantitative estimate of drug-likeness (QED) is 0.536. The van der Waals surface area contributed by atoms with E-state index in [1.54, 1.807) is 30.5 Å². The SMILES string of the molecule is C=Cn1cc(C2=C(c3ccc(OCC(O)CN(C)C)cc3)C(=O)NC2=O)c2ccccc21. The van der Waals surface area contributed by atoms with E-state index in [9.17, 15) is 14.7 Å². The maximum absolute atomic E-state index is 12.8. The van der Waals surface area contributed by atoms with E-state index in [2.05, 4.69) is 11.9 Å². The molecule has 4 rings (SSSR count). The van der Waals surface area contributed by atoms with Crippen LogP contribution in [0.3, 0.4) is 0 Å². The van der Waals surface area contributed by atoms with Gasteiger partial charge in [-0.2, -0.15) is 0 Å². The Labute approximate surface area is 186 Å². The fourth-order valence-corrected chi connectivity index (χ4v) is 3.93. The molecule has 1 unspecified atom stereocenters. The summed E-state index contributed by atoms with van der Waals surface area (Å²) in [7, 11) is 3.76. The van der Waals surface area contributed by atoms with Gasteiger partial charge in [0.05, 0.1) is 16.7 Å². The van der Waals surface area contributed by atoms with Crippen LogP contribution < -0.4 is 10.1 Å². The van der Waals surface area contributed by atoms with Gasteiger partial charge in [0.2, 0.25) is 0 Å². The Morgan fingerprint density at radius 1 is 1.09 bits per heavy atom. The van der Waals surface area contributed by atoms with Crippen molar-refractivity contribution >= 4 is 40.1 Å². The largest absolute Gasteiger partial charge is 0.491 e. The fourth-order valence-electron chi connectivity index (χ4n) is 3.93. The Balaban J connectivity index is 1.69. The van der Waals surface area contributed by atoms with E-state index < -0.39 is 17.9 Å². The van der Waals surface area contributed by atoms with Crippen LogP contribution in [-0.2, 0) is 9.59 Å². The van der Waals surface area contributed by atoms with Gasteiger partial charge in [0.25, 0.3) is 11.8 Å². The van der Waals surface area contributed by atoms with Crippen molar-refractivity contribution in [2.75, 3.05) is 27.2 Å². The number of aliphatic hydroxyl groups is 1. The first-order valence-electron chi connectivity index (χ1n) is 10.3. The van der Waals surface area contributed by atoms with Gasteiger partial charge in [-0.05, 0) is 37.9 Å². The summed E-state index contributed by atoms with van der Waals surface area (Å²) in [5.74, 6) is -0.290. The summed E-state index contributed by atoms with van der Waals surface area (Å²) in [5, 5.41) is 13.3. The van der Waals surface area contributed by atoms with Crippen molar-refractivity contribution in [3.05, 3.63) is 72.4 Å². The third-order valence-corrected chi connectivity index (χ3v) is 5.30. The molecule has 2 amide bonds. The molecule has 1 atom stereocenters. The zero-order valence-corrected chi connectivity index (χ0v) is 18.0. The lowest BCUT2D eigenvalue weighted by Crippen LogP contribution is -2.30. The number of rotatable bonds is 8. The van der Waals surface area contributed by atoms with Gasteiger partial charge in [-0.15, -0.1) is 0 Å². The number of benzene rings is 2. The molecular weight excluding hydrogens is 406 g/mol. The van der Waals surface area contributed by atoms with Crippen LogP contribution >= 0.6 is 0 Å². The molecule has 2 aromatic carbocycles. The smallest absolute Gasteiger partial charge is 0.259 e. The molecule has 1 aliphatic rings. The Kier molecular flexibility index (Phi) is 5.94. The first-order valence-corrected chi connectivity index (χ1v) is 10.3. The number of aromatic nitrogens is 1. The molecule has 0 fully saturated rings. The molecule has 0 saturated carbocycles. The van der Waals surface area contributed by atoms with Crippen molar-refractivity contribution in [1.82, 2.24) is 14.8 Å². The van der Waals surface area contributed by atoms with Gasteiger partial charge in [-0.3, -0.25) is 14.9 Å². The number of amides is 2. The number of fused-ring (bicyclic) bond motifs is 1. The molecule has 0 bridgehead atoms. The summed E-state index contributed by atoms with van der Waals surface area (Å²) in [6, 6.07) is 14.6. The maximum Gasteiger partial charge on any atom is 0.259 e. The second-order valence-corrected chi connectivity index (χ2v) is 7.93. The molecule has 0 aliphatic carbocycles. The Bertz CT molecular complexity index is 1220. The summed E-state index contributed by atoms with van der Waals surface area (Å²) >= 11 is 0. The number of ether oxygens (including phenoxy) is 1. The van der Waals surface area contributed by atoms with Crippen LogP contribution in [0.5, 0.6) is 5.75 Å². The van der Waals surface area contributed by atoms with E-state index in [-0.39, 0.29) is 6.61 Å². The van der Waals surface area contributed by atoms with Gasteiger partial charge < -0.3 is 19.3 Å². The van der Waals surface area contributed by atoms with Gasteiger partial charge in [0.15, 0.2) is 0 Å². The molecule has 0 saturated heterocycles. The molecule has 1 aromatic heterocycles. The number of para-hydroxylation sites is 1. The topological polar surface area (TPSA) is 83.8 Å². The van der Waals surface area contributed by atoms with E-state index >= 15 is 0 Å². The molecule has 0 radical (unpaired) electrons. The van der Waals surface area contributed by atoms with E-state index in [0.717, 1.165) is 10.9 Å². The molecule has 32 heavy (non-hydrogen) atoms. The lowest BCUT2D eigenvalue weighted by atomic mass is 9.96. The van der Waals surface area contributed by atoms with Crippen LogP contribution in [0, 0.1) is 0 Å². The first kappa shape index (κ1) is 21.5. The van der Waals surface area contributed by atoms with Gasteiger partial charge in [0, 0.05) is 29.9 Å². The zero-order valence-electron chi connectivity index (χ0n) is 18.0. The lowest BCUT2D eigenvalue weighted by molar-refractivity contribution is -0.122. The van der Waals surface area contributed by atoms with Crippen LogP contribution in [0.1, 0.15) is 11.1 Å². The third kappa shape index (κ3) is 4.08. The van der Waals surface area contributed by atoms with Gasteiger partial charge in [0.1, 0.15) is 18.5 Å². The average Bonchev–Trinajstić information content (AvgIpc) is 3.28. The predicted octanol–water partition coefficient (Wildman–Crippen LogP) is 2.61. The minimum absolute atomic E-state index is 0.158. The van der Waals surface area contributed by atoms with E-state index in [0.29, 0.717) is 34.6 Å². The number of hydrogen-bond acceptors (Lipinski definition) is 5. The van der Waals surface area contributed by atoms with Crippen molar-refractivity contribution in [3.8, 4) is 5.75 Å². The Hall–Kier alpha value is -3.68. The first-order chi connectivity index (χ1) is 15.4. The highest BCUT2D eigenvalue weighted by molar-refractivity contribution is 6.50. The number of nitrogens with one attached hydrogen (secondary N) is 1. The monoisotopic (exact) mass is 431 g/mol. The summed E-state index contributed by atoms with van der Waals surface area (Å²) < 4.78 is 7.48. The Morgan fingerprint density at radius 2 is 1.78 bits per heavy atom. The molecule has 1 aliphatic heterocycles. The van der Waals surface area contributed by atoms with Crippen molar-refractivity contribution in [1.29, 1.82) is 0 Å². The highest BCUT2D eigenvalue weighted by atomic mass is 16.5. The van der Waals surface area contributed by atoms with E-state index in [1.165, 1.54) is 0 Å². The van der Waals surface area contributed by atoms with Gasteiger partial charge in [-0.25, -0.2) is 0 Å². The average molecular weight is 431 g/mol. The minimum atomic E-state index is -0.612. The van der Waals surface area contributed by atoms with Gasteiger partial charge in [-0.1, -0.05) is 36.9 Å². The second kappa shape index (κ2) is 8.82. The molecule has 2 heterocycles.